The van der Waals surface area contributed by atoms with Crippen molar-refractivity contribution in [1.82, 2.24) is 10.2 Å². The molecule has 25 heavy (non-hydrogen) atoms. The second-order valence-electron chi connectivity index (χ2n) is 6.69. The highest BCUT2D eigenvalue weighted by molar-refractivity contribution is 7.12. The van der Waals surface area contributed by atoms with Crippen molar-refractivity contribution < 1.29 is 9.53 Å². The van der Waals surface area contributed by atoms with Crippen molar-refractivity contribution in [2.24, 2.45) is 5.92 Å². The third-order valence-corrected chi connectivity index (χ3v) is 5.83. The van der Waals surface area contributed by atoms with Gasteiger partial charge in [-0.25, -0.2) is 0 Å². The maximum atomic E-state index is 12.3. The first-order valence-electron chi connectivity index (χ1n) is 8.87. The lowest BCUT2D eigenvalue weighted by atomic mass is 9.95. The molecule has 1 aliphatic heterocycles. The summed E-state index contributed by atoms with van der Waals surface area (Å²) in [4.78, 5) is 15.6. The molecule has 1 fully saturated rings. The van der Waals surface area contributed by atoms with Crippen molar-refractivity contribution in [3.05, 3.63) is 52.2 Å². The van der Waals surface area contributed by atoms with Gasteiger partial charge in [0.1, 0.15) is 5.75 Å². The number of hydrogen-bond donors (Lipinski definition) is 1. The lowest BCUT2D eigenvalue weighted by molar-refractivity contribution is 0.0917. The van der Waals surface area contributed by atoms with Gasteiger partial charge < -0.3 is 10.1 Å². The third kappa shape index (κ3) is 4.61. The van der Waals surface area contributed by atoms with E-state index >= 15 is 0 Å². The van der Waals surface area contributed by atoms with E-state index in [9.17, 15) is 4.79 Å². The SMILES string of the molecule is COc1ccc(C(CNC(=O)c2cccs2)N2CCC(C)CC2)cc1. The summed E-state index contributed by atoms with van der Waals surface area (Å²) in [7, 11) is 1.68. The van der Waals surface area contributed by atoms with Crippen molar-refractivity contribution in [3.63, 3.8) is 0 Å². The lowest BCUT2D eigenvalue weighted by Crippen LogP contribution is -2.41. The minimum absolute atomic E-state index is 0.0129. The van der Waals surface area contributed by atoms with E-state index in [4.69, 9.17) is 4.74 Å². The minimum atomic E-state index is 0.0129. The van der Waals surface area contributed by atoms with Crippen LogP contribution in [0.3, 0.4) is 0 Å². The van der Waals surface area contributed by atoms with Crippen molar-refractivity contribution in [3.8, 4) is 5.75 Å². The molecule has 1 saturated heterocycles. The molecule has 0 spiro atoms. The Labute approximate surface area is 153 Å². The van der Waals surface area contributed by atoms with Crippen LogP contribution in [0.5, 0.6) is 5.75 Å². The minimum Gasteiger partial charge on any atom is -0.497 e. The summed E-state index contributed by atoms with van der Waals surface area (Å²) in [6, 6.07) is 12.2. The summed E-state index contributed by atoms with van der Waals surface area (Å²) in [5.74, 6) is 1.66. The zero-order valence-electron chi connectivity index (χ0n) is 14.9. The van der Waals surface area contributed by atoms with Gasteiger partial charge in [-0.05, 0) is 61.0 Å². The maximum Gasteiger partial charge on any atom is 0.261 e. The first-order chi connectivity index (χ1) is 12.2. The smallest absolute Gasteiger partial charge is 0.261 e. The van der Waals surface area contributed by atoms with Crippen LogP contribution in [0.2, 0.25) is 0 Å². The lowest BCUT2D eigenvalue weighted by Gasteiger charge is -2.37. The van der Waals surface area contributed by atoms with Crippen molar-refractivity contribution in [1.29, 1.82) is 0 Å². The van der Waals surface area contributed by atoms with Gasteiger partial charge in [-0.15, -0.1) is 11.3 Å². The molecular weight excluding hydrogens is 332 g/mol. The Morgan fingerprint density at radius 1 is 1.28 bits per heavy atom. The summed E-state index contributed by atoms with van der Waals surface area (Å²) >= 11 is 1.48. The van der Waals surface area contributed by atoms with Crippen LogP contribution in [0.15, 0.2) is 41.8 Å². The van der Waals surface area contributed by atoms with E-state index in [-0.39, 0.29) is 11.9 Å². The first-order valence-corrected chi connectivity index (χ1v) is 9.75. The van der Waals surface area contributed by atoms with Crippen LogP contribution in [0, 0.1) is 5.92 Å². The van der Waals surface area contributed by atoms with Crippen LogP contribution in [-0.2, 0) is 0 Å². The van der Waals surface area contributed by atoms with Crippen LogP contribution in [0.25, 0.3) is 0 Å². The van der Waals surface area contributed by atoms with Crippen molar-refractivity contribution >= 4 is 17.2 Å². The number of nitrogens with zero attached hydrogens (tertiary/aromatic N) is 1. The molecule has 1 amide bonds. The number of benzene rings is 1. The first kappa shape index (κ1) is 18.0. The van der Waals surface area contributed by atoms with Gasteiger partial charge in [-0.2, -0.15) is 0 Å². The normalized spacial score (nSPS) is 17.2. The average Bonchev–Trinajstić information content (AvgIpc) is 3.18. The molecule has 2 heterocycles. The highest BCUT2D eigenvalue weighted by Gasteiger charge is 2.25. The van der Waals surface area contributed by atoms with Crippen molar-refractivity contribution in [2.45, 2.75) is 25.8 Å². The Balaban J connectivity index is 1.72. The zero-order chi connectivity index (χ0) is 17.6. The molecule has 134 valence electrons. The number of carbonyl (C=O) groups is 1. The van der Waals surface area contributed by atoms with E-state index in [1.807, 2.05) is 29.6 Å². The number of rotatable bonds is 6. The van der Waals surface area contributed by atoms with Crippen LogP contribution >= 0.6 is 11.3 Å². The van der Waals surface area contributed by atoms with Gasteiger partial charge in [0.25, 0.3) is 5.91 Å². The number of carbonyl (C=O) groups excluding carboxylic acids is 1. The van der Waals surface area contributed by atoms with Crippen LogP contribution in [-0.4, -0.2) is 37.6 Å². The van der Waals surface area contributed by atoms with E-state index in [1.165, 1.54) is 29.7 Å². The van der Waals surface area contributed by atoms with Crippen LogP contribution in [0.1, 0.15) is 41.0 Å². The summed E-state index contributed by atoms with van der Waals surface area (Å²) in [6.45, 7) is 5.09. The van der Waals surface area contributed by atoms with E-state index < -0.39 is 0 Å². The summed E-state index contributed by atoms with van der Waals surface area (Å²) in [6.07, 6.45) is 2.43. The van der Waals surface area contributed by atoms with Crippen LogP contribution < -0.4 is 10.1 Å². The zero-order valence-corrected chi connectivity index (χ0v) is 15.7. The molecule has 2 aromatic rings. The predicted octanol–water partition coefficient (Wildman–Crippen LogP) is 3.96. The van der Waals surface area contributed by atoms with Gasteiger partial charge in [0, 0.05) is 6.54 Å². The molecule has 0 saturated carbocycles. The molecule has 0 radical (unpaired) electrons. The van der Waals surface area contributed by atoms with Crippen LogP contribution in [0.4, 0.5) is 0 Å². The Kier molecular flexibility index (Phi) is 6.10. The van der Waals surface area contributed by atoms with E-state index in [1.54, 1.807) is 7.11 Å². The van der Waals surface area contributed by atoms with E-state index in [2.05, 4.69) is 29.3 Å². The molecule has 1 N–H and O–H groups in total. The predicted molar refractivity (Wildman–Crippen MR) is 102 cm³/mol. The summed E-state index contributed by atoms with van der Waals surface area (Å²) < 4.78 is 5.27. The van der Waals surface area contributed by atoms with Crippen molar-refractivity contribution in [2.75, 3.05) is 26.7 Å². The topological polar surface area (TPSA) is 41.6 Å². The standard InChI is InChI=1S/C20H26N2O2S/c1-15-9-11-22(12-10-15)18(16-5-7-17(24-2)8-6-16)14-21-20(23)19-4-3-13-25-19/h3-8,13,15,18H,9-12,14H2,1-2H3,(H,21,23). The number of likely N-dealkylation sites (tertiary alicyclic amines) is 1. The van der Waals surface area contributed by atoms with Gasteiger partial charge in [0.2, 0.25) is 0 Å². The molecule has 1 aromatic heterocycles. The molecule has 1 aliphatic rings. The molecule has 0 aliphatic carbocycles. The quantitative estimate of drug-likeness (QED) is 0.850. The molecular formula is C20H26N2O2S. The Bertz CT molecular complexity index is 662. The molecule has 3 rings (SSSR count). The summed E-state index contributed by atoms with van der Waals surface area (Å²) in [5.41, 5.74) is 1.22. The second kappa shape index (κ2) is 8.50. The Morgan fingerprint density at radius 2 is 2.00 bits per heavy atom. The number of thiophene rings is 1. The van der Waals surface area contributed by atoms with Gasteiger partial charge >= 0.3 is 0 Å². The monoisotopic (exact) mass is 358 g/mol. The van der Waals surface area contributed by atoms with E-state index in [0.29, 0.717) is 6.54 Å². The second-order valence-corrected chi connectivity index (χ2v) is 7.64. The number of ether oxygens (including phenoxy) is 1. The largest absolute Gasteiger partial charge is 0.497 e. The van der Waals surface area contributed by atoms with E-state index in [0.717, 1.165) is 29.6 Å². The van der Waals surface area contributed by atoms with Gasteiger partial charge in [0.15, 0.2) is 0 Å². The average molecular weight is 359 g/mol. The fourth-order valence-electron chi connectivity index (χ4n) is 3.31. The van der Waals surface area contributed by atoms with Gasteiger partial charge in [-0.3, -0.25) is 9.69 Å². The molecule has 4 nitrogen and oxygen atoms in total. The summed E-state index contributed by atoms with van der Waals surface area (Å²) in [5, 5.41) is 5.05. The number of amides is 1. The highest BCUT2D eigenvalue weighted by atomic mass is 32.1. The molecule has 1 atom stereocenters. The highest BCUT2D eigenvalue weighted by Crippen LogP contribution is 2.27. The fraction of sp³-hybridized carbons (Fsp3) is 0.450. The molecule has 1 unspecified atom stereocenters. The van der Waals surface area contributed by atoms with Gasteiger partial charge in [-0.1, -0.05) is 25.1 Å². The van der Waals surface area contributed by atoms with Gasteiger partial charge in [0.05, 0.1) is 18.0 Å². The Hall–Kier alpha value is -1.85. The number of hydrogen-bond acceptors (Lipinski definition) is 4. The fourth-order valence-corrected chi connectivity index (χ4v) is 3.95. The Morgan fingerprint density at radius 3 is 2.60 bits per heavy atom. The third-order valence-electron chi connectivity index (χ3n) is 4.96. The number of piperidine rings is 1. The molecule has 5 heteroatoms. The molecule has 0 bridgehead atoms. The number of nitrogens with one attached hydrogen (secondary N) is 1. The number of methoxy groups -OCH3 is 1. The molecule has 1 aromatic carbocycles. The maximum absolute atomic E-state index is 12.3.